The van der Waals surface area contributed by atoms with Gasteiger partial charge in [0.25, 0.3) is 10.0 Å². The van der Waals surface area contributed by atoms with Crippen molar-refractivity contribution in [2.45, 2.75) is 31.6 Å². The normalized spacial score (nSPS) is 11.7. The SMILES string of the molecule is CN(c1ccc(OCCCC(C)(C)C#N)cc1)S(=O)(=O)c1ccc(Cl)cc1. The molecule has 0 heterocycles. The Labute approximate surface area is 166 Å². The Morgan fingerprint density at radius 3 is 2.26 bits per heavy atom. The number of halogens is 1. The fourth-order valence-corrected chi connectivity index (χ4v) is 3.74. The second kappa shape index (κ2) is 8.64. The van der Waals surface area contributed by atoms with Crippen LogP contribution in [0, 0.1) is 16.7 Å². The van der Waals surface area contributed by atoms with Crippen LogP contribution in [0.25, 0.3) is 0 Å². The molecule has 2 rings (SSSR count). The first-order chi connectivity index (χ1) is 12.7. The molecule has 0 aliphatic carbocycles. The molecule has 0 unspecified atom stereocenters. The maximum Gasteiger partial charge on any atom is 0.264 e. The van der Waals surface area contributed by atoms with Gasteiger partial charge in [-0.25, -0.2) is 8.42 Å². The van der Waals surface area contributed by atoms with Crippen LogP contribution in [0.2, 0.25) is 5.02 Å². The largest absolute Gasteiger partial charge is 0.494 e. The Hall–Kier alpha value is -2.23. The number of hydrogen-bond acceptors (Lipinski definition) is 4. The molecule has 0 aliphatic heterocycles. The molecule has 0 aliphatic rings. The molecule has 0 atom stereocenters. The van der Waals surface area contributed by atoms with Crippen LogP contribution in [-0.4, -0.2) is 22.1 Å². The number of ether oxygens (including phenoxy) is 1. The molecule has 0 bridgehead atoms. The summed E-state index contributed by atoms with van der Waals surface area (Å²) in [7, 11) is -2.15. The number of rotatable bonds is 8. The lowest BCUT2D eigenvalue weighted by Gasteiger charge is -2.20. The minimum Gasteiger partial charge on any atom is -0.494 e. The molecule has 0 N–H and O–H groups in total. The van der Waals surface area contributed by atoms with E-state index in [2.05, 4.69) is 6.07 Å². The summed E-state index contributed by atoms with van der Waals surface area (Å²) in [6.07, 6.45) is 1.52. The van der Waals surface area contributed by atoms with E-state index in [1.807, 2.05) is 13.8 Å². The highest BCUT2D eigenvalue weighted by Crippen LogP contribution is 2.26. The van der Waals surface area contributed by atoms with E-state index in [4.69, 9.17) is 21.6 Å². The molecule has 0 spiro atoms. The summed E-state index contributed by atoms with van der Waals surface area (Å²) < 4.78 is 32.3. The van der Waals surface area contributed by atoms with Gasteiger partial charge in [0, 0.05) is 12.1 Å². The number of nitrogens with zero attached hydrogens (tertiary/aromatic N) is 2. The van der Waals surface area contributed by atoms with Crippen molar-refractivity contribution < 1.29 is 13.2 Å². The summed E-state index contributed by atoms with van der Waals surface area (Å²) in [5.74, 6) is 0.658. The average Bonchev–Trinajstić information content (AvgIpc) is 2.65. The van der Waals surface area contributed by atoms with Crippen LogP contribution in [0.15, 0.2) is 53.4 Å². The first-order valence-corrected chi connectivity index (χ1v) is 10.4. The molecular weight excluding hydrogens is 384 g/mol. The van der Waals surface area contributed by atoms with Crippen LogP contribution in [-0.2, 0) is 10.0 Å². The molecule has 0 radical (unpaired) electrons. The third-order valence-corrected chi connectivity index (χ3v) is 6.24. The summed E-state index contributed by atoms with van der Waals surface area (Å²) in [4.78, 5) is 0.176. The van der Waals surface area contributed by atoms with Crippen LogP contribution in [0.3, 0.4) is 0 Å². The third kappa shape index (κ3) is 5.62. The van der Waals surface area contributed by atoms with Gasteiger partial charge in [0.1, 0.15) is 5.75 Å². The van der Waals surface area contributed by atoms with Crippen LogP contribution in [0.4, 0.5) is 5.69 Å². The zero-order chi connectivity index (χ0) is 20.1. The molecule has 2 aromatic rings. The molecule has 0 amide bonds. The molecular formula is C20H23ClN2O3S. The van der Waals surface area contributed by atoms with Gasteiger partial charge in [-0.3, -0.25) is 4.31 Å². The Kier molecular flexibility index (Phi) is 6.74. The monoisotopic (exact) mass is 406 g/mol. The molecule has 0 aromatic heterocycles. The zero-order valence-corrected chi connectivity index (χ0v) is 17.2. The number of nitriles is 1. The highest BCUT2D eigenvalue weighted by atomic mass is 35.5. The third-order valence-electron chi connectivity index (χ3n) is 4.19. The number of hydrogen-bond donors (Lipinski definition) is 0. The standard InChI is InChI=1S/C20H23ClN2O3S/c1-20(2,15-22)13-4-14-26-18-9-7-17(8-10-18)23(3)27(24,25)19-11-5-16(21)6-12-19/h5-12H,4,13-14H2,1-3H3. The van der Waals surface area contributed by atoms with Crippen molar-refractivity contribution in [2.75, 3.05) is 18.0 Å². The lowest BCUT2D eigenvalue weighted by atomic mass is 9.90. The highest BCUT2D eigenvalue weighted by molar-refractivity contribution is 7.92. The maximum atomic E-state index is 12.7. The summed E-state index contributed by atoms with van der Waals surface area (Å²) in [5, 5.41) is 9.49. The summed E-state index contributed by atoms with van der Waals surface area (Å²) >= 11 is 5.82. The van der Waals surface area contributed by atoms with Crippen LogP contribution in [0.1, 0.15) is 26.7 Å². The van der Waals surface area contributed by atoms with Crippen molar-refractivity contribution in [3.8, 4) is 11.8 Å². The van der Waals surface area contributed by atoms with Crippen LogP contribution in [0.5, 0.6) is 5.75 Å². The van der Waals surface area contributed by atoms with E-state index in [1.54, 1.807) is 36.4 Å². The van der Waals surface area contributed by atoms with Crippen molar-refractivity contribution in [3.05, 3.63) is 53.6 Å². The van der Waals surface area contributed by atoms with Gasteiger partial charge in [-0.1, -0.05) is 11.6 Å². The van der Waals surface area contributed by atoms with Gasteiger partial charge in [-0.05, 0) is 75.2 Å². The van der Waals surface area contributed by atoms with Crippen molar-refractivity contribution in [1.82, 2.24) is 0 Å². The van der Waals surface area contributed by atoms with E-state index in [9.17, 15) is 8.42 Å². The maximum absolute atomic E-state index is 12.7. The molecule has 0 saturated carbocycles. The first kappa shape index (κ1) is 21.1. The van der Waals surface area contributed by atoms with E-state index < -0.39 is 10.0 Å². The van der Waals surface area contributed by atoms with Gasteiger partial charge in [-0.2, -0.15) is 5.26 Å². The smallest absolute Gasteiger partial charge is 0.264 e. The van der Waals surface area contributed by atoms with Crippen LogP contribution >= 0.6 is 11.6 Å². The molecule has 2 aromatic carbocycles. The van der Waals surface area contributed by atoms with Gasteiger partial charge >= 0.3 is 0 Å². The summed E-state index contributed by atoms with van der Waals surface area (Å²) in [5.41, 5.74) is 0.175. The van der Waals surface area contributed by atoms with Crippen molar-refractivity contribution in [2.24, 2.45) is 5.41 Å². The Balaban J connectivity index is 2.00. The van der Waals surface area contributed by atoms with Gasteiger partial charge in [0.05, 0.1) is 28.7 Å². The molecule has 5 nitrogen and oxygen atoms in total. The highest BCUT2D eigenvalue weighted by Gasteiger charge is 2.21. The van der Waals surface area contributed by atoms with E-state index in [0.29, 0.717) is 23.1 Å². The molecule has 144 valence electrons. The number of sulfonamides is 1. The minimum atomic E-state index is -3.66. The lowest BCUT2D eigenvalue weighted by Crippen LogP contribution is -2.26. The predicted octanol–water partition coefficient (Wildman–Crippen LogP) is 4.87. The fraction of sp³-hybridized carbons (Fsp3) is 0.350. The van der Waals surface area contributed by atoms with Crippen molar-refractivity contribution in [3.63, 3.8) is 0 Å². The molecule has 0 fully saturated rings. The van der Waals surface area contributed by atoms with E-state index in [-0.39, 0.29) is 10.3 Å². The summed E-state index contributed by atoms with van der Waals surface area (Å²) in [6, 6.07) is 15.2. The van der Waals surface area contributed by atoms with E-state index >= 15 is 0 Å². The van der Waals surface area contributed by atoms with Crippen molar-refractivity contribution >= 4 is 27.3 Å². The van der Waals surface area contributed by atoms with Crippen molar-refractivity contribution in [1.29, 1.82) is 5.26 Å². The molecule has 27 heavy (non-hydrogen) atoms. The Morgan fingerprint density at radius 1 is 1.11 bits per heavy atom. The topological polar surface area (TPSA) is 70.4 Å². The van der Waals surface area contributed by atoms with Gasteiger partial charge in [-0.15, -0.1) is 0 Å². The molecule has 0 saturated heterocycles. The van der Waals surface area contributed by atoms with Gasteiger partial charge in [0.15, 0.2) is 0 Å². The Bertz CT molecular complexity index is 902. The zero-order valence-electron chi connectivity index (χ0n) is 15.6. The quantitative estimate of drug-likeness (QED) is 0.586. The molecule has 7 heteroatoms. The average molecular weight is 407 g/mol. The summed E-state index contributed by atoms with van der Waals surface area (Å²) in [6.45, 7) is 4.31. The van der Waals surface area contributed by atoms with Crippen LogP contribution < -0.4 is 9.04 Å². The lowest BCUT2D eigenvalue weighted by molar-refractivity contribution is 0.284. The fourth-order valence-electron chi connectivity index (χ4n) is 2.42. The minimum absolute atomic E-state index is 0.176. The predicted molar refractivity (Wildman–Crippen MR) is 108 cm³/mol. The first-order valence-electron chi connectivity index (χ1n) is 8.54. The van der Waals surface area contributed by atoms with Gasteiger partial charge < -0.3 is 4.74 Å². The Morgan fingerprint density at radius 2 is 1.70 bits per heavy atom. The van der Waals surface area contributed by atoms with E-state index in [0.717, 1.165) is 12.8 Å². The second-order valence-electron chi connectivity index (χ2n) is 6.87. The van der Waals surface area contributed by atoms with Gasteiger partial charge in [0.2, 0.25) is 0 Å². The second-order valence-corrected chi connectivity index (χ2v) is 9.27. The number of benzene rings is 2. The van der Waals surface area contributed by atoms with E-state index in [1.165, 1.54) is 23.5 Å². The number of anilines is 1.